The second-order valence-corrected chi connectivity index (χ2v) is 5.99. The van der Waals surface area contributed by atoms with Gasteiger partial charge in [0.25, 0.3) is 0 Å². The number of anilines is 1. The van der Waals surface area contributed by atoms with Crippen molar-refractivity contribution >= 4 is 15.7 Å². The lowest BCUT2D eigenvalue weighted by atomic mass is 10.3. The standard InChI is InChI=1S/C12H20N2O4S/c13-11-3-5-12(6-4-11)18-9-10-19(16,17)14-7-1-2-8-15/h3-6,14-15H,1-2,7-10,13H2. The highest BCUT2D eigenvalue weighted by Crippen LogP contribution is 2.12. The second-order valence-electron chi connectivity index (χ2n) is 4.06. The van der Waals surface area contributed by atoms with Crippen LogP contribution < -0.4 is 15.2 Å². The van der Waals surface area contributed by atoms with Crippen LogP contribution in [0.5, 0.6) is 5.75 Å². The molecule has 4 N–H and O–H groups in total. The van der Waals surface area contributed by atoms with Crippen LogP contribution in [0.15, 0.2) is 24.3 Å². The van der Waals surface area contributed by atoms with E-state index in [9.17, 15) is 8.42 Å². The first-order chi connectivity index (χ1) is 9.03. The van der Waals surface area contributed by atoms with Crippen LogP contribution >= 0.6 is 0 Å². The Morgan fingerprint density at radius 1 is 1.21 bits per heavy atom. The Morgan fingerprint density at radius 2 is 1.89 bits per heavy atom. The molecular formula is C12H20N2O4S. The Hall–Kier alpha value is -1.31. The molecule has 0 aliphatic carbocycles. The van der Waals surface area contributed by atoms with Crippen LogP contribution in [0.1, 0.15) is 12.8 Å². The third kappa shape index (κ3) is 7.00. The van der Waals surface area contributed by atoms with Crippen LogP contribution in [0.4, 0.5) is 5.69 Å². The number of unbranched alkanes of at least 4 members (excludes halogenated alkanes) is 1. The molecule has 0 saturated carbocycles. The molecule has 1 aromatic rings. The molecule has 0 bridgehead atoms. The van der Waals surface area contributed by atoms with Crippen LogP contribution in [0.2, 0.25) is 0 Å². The minimum Gasteiger partial charge on any atom is -0.492 e. The zero-order chi connectivity index (χ0) is 14.1. The molecule has 0 heterocycles. The Bertz CT molecular complexity index is 459. The highest BCUT2D eigenvalue weighted by atomic mass is 32.2. The number of benzene rings is 1. The molecule has 0 spiro atoms. The van der Waals surface area contributed by atoms with Crippen molar-refractivity contribution in [2.24, 2.45) is 0 Å². The molecule has 0 atom stereocenters. The summed E-state index contributed by atoms with van der Waals surface area (Å²) in [5.41, 5.74) is 6.15. The van der Waals surface area contributed by atoms with Crippen molar-refractivity contribution < 1.29 is 18.3 Å². The summed E-state index contributed by atoms with van der Waals surface area (Å²) in [4.78, 5) is 0. The van der Waals surface area contributed by atoms with E-state index in [1.807, 2.05) is 0 Å². The molecule has 0 aromatic heterocycles. The Morgan fingerprint density at radius 3 is 2.53 bits per heavy atom. The molecule has 19 heavy (non-hydrogen) atoms. The molecule has 0 radical (unpaired) electrons. The van der Waals surface area contributed by atoms with Gasteiger partial charge in [0.05, 0.1) is 5.75 Å². The summed E-state index contributed by atoms with van der Waals surface area (Å²) in [7, 11) is -3.32. The summed E-state index contributed by atoms with van der Waals surface area (Å²) in [6.07, 6.45) is 1.21. The molecule has 1 rings (SSSR count). The van der Waals surface area contributed by atoms with E-state index < -0.39 is 10.0 Å². The van der Waals surface area contributed by atoms with E-state index >= 15 is 0 Å². The van der Waals surface area contributed by atoms with Crippen molar-refractivity contribution in [1.82, 2.24) is 4.72 Å². The monoisotopic (exact) mass is 288 g/mol. The third-order valence-electron chi connectivity index (χ3n) is 2.41. The smallest absolute Gasteiger partial charge is 0.214 e. The largest absolute Gasteiger partial charge is 0.492 e. The minimum absolute atomic E-state index is 0.0714. The molecule has 6 nitrogen and oxygen atoms in total. The first-order valence-electron chi connectivity index (χ1n) is 6.10. The van der Waals surface area contributed by atoms with E-state index in [0.29, 0.717) is 30.8 Å². The number of ether oxygens (including phenoxy) is 1. The number of sulfonamides is 1. The predicted octanol–water partition coefficient (Wildman–Crippen LogP) is 0.340. The molecule has 0 aliphatic heterocycles. The number of nitrogens with two attached hydrogens (primary N) is 1. The van der Waals surface area contributed by atoms with Crippen LogP contribution in [-0.4, -0.2) is 39.0 Å². The first kappa shape index (κ1) is 15.7. The number of aliphatic hydroxyl groups is 1. The highest BCUT2D eigenvalue weighted by Gasteiger charge is 2.09. The molecule has 0 aliphatic rings. The SMILES string of the molecule is Nc1ccc(OCCS(=O)(=O)NCCCCO)cc1. The van der Waals surface area contributed by atoms with Crippen molar-refractivity contribution in [1.29, 1.82) is 0 Å². The van der Waals surface area contributed by atoms with Gasteiger partial charge in [-0.3, -0.25) is 0 Å². The predicted molar refractivity (Wildman–Crippen MR) is 74.5 cm³/mol. The maximum absolute atomic E-state index is 11.6. The number of nitrogens with one attached hydrogen (secondary N) is 1. The summed E-state index contributed by atoms with van der Waals surface area (Å²) in [6.45, 7) is 0.492. The third-order valence-corrected chi connectivity index (χ3v) is 3.76. The van der Waals surface area contributed by atoms with Crippen molar-refractivity contribution in [3.8, 4) is 5.75 Å². The molecule has 0 fully saturated rings. The topological polar surface area (TPSA) is 102 Å². The quantitative estimate of drug-likeness (QED) is 0.449. The molecule has 0 amide bonds. The minimum atomic E-state index is -3.32. The lowest BCUT2D eigenvalue weighted by molar-refractivity contribution is 0.285. The second kappa shape index (κ2) is 7.98. The van der Waals surface area contributed by atoms with Gasteiger partial charge < -0.3 is 15.6 Å². The fraction of sp³-hybridized carbons (Fsp3) is 0.500. The average Bonchev–Trinajstić information content (AvgIpc) is 2.37. The lowest BCUT2D eigenvalue weighted by Gasteiger charge is -2.08. The number of hydrogen-bond donors (Lipinski definition) is 3. The van der Waals surface area contributed by atoms with Gasteiger partial charge in [-0.25, -0.2) is 13.1 Å². The fourth-order valence-electron chi connectivity index (χ4n) is 1.37. The van der Waals surface area contributed by atoms with Crippen molar-refractivity contribution in [2.45, 2.75) is 12.8 Å². The summed E-state index contributed by atoms with van der Waals surface area (Å²) >= 11 is 0. The van der Waals surface area contributed by atoms with Gasteiger partial charge in [0.2, 0.25) is 10.0 Å². The average molecular weight is 288 g/mol. The van der Waals surface area contributed by atoms with Crippen LogP contribution in [0.25, 0.3) is 0 Å². The summed E-state index contributed by atoms with van der Waals surface area (Å²) in [5.74, 6) is 0.487. The maximum Gasteiger partial charge on any atom is 0.214 e. The lowest BCUT2D eigenvalue weighted by Crippen LogP contribution is -2.29. The van der Waals surface area contributed by atoms with Gasteiger partial charge in [0, 0.05) is 18.8 Å². The van der Waals surface area contributed by atoms with E-state index in [0.717, 1.165) is 0 Å². The molecule has 1 aromatic carbocycles. The van der Waals surface area contributed by atoms with Crippen molar-refractivity contribution in [3.05, 3.63) is 24.3 Å². The maximum atomic E-state index is 11.6. The highest BCUT2D eigenvalue weighted by molar-refractivity contribution is 7.89. The summed E-state index contributed by atoms with van der Waals surface area (Å²) in [5, 5.41) is 8.58. The Labute approximate surface area is 113 Å². The zero-order valence-corrected chi connectivity index (χ0v) is 11.5. The van der Waals surface area contributed by atoms with Crippen LogP contribution in [0.3, 0.4) is 0 Å². The van der Waals surface area contributed by atoms with Gasteiger partial charge in [0.15, 0.2) is 0 Å². The normalized spacial score (nSPS) is 11.4. The zero-order valence-electron chi connectivity index (χ0n) is 10.7. The van der Waals surface area contributed by atoms with Gasteiger partial charge in [-0.05, 0) is 37.1 Å². The van der Waals surface area contributed by atoms with E-state index in [1.165, 1.54) is 0 Å². The molecular weight excluding hydrogens is 268 g/mol. The molecule has 7 heteroatoms. The van der Waals surface area contributed by atoms with E-state index in [2.05, 4.69) is 4.72 Å². The van der Waals surface area contributed by atoms with Crippen molar-refractivity contribution in [2.75, 3.05) is 31.2 Å². The summed E-state index contributed by atoms with van der Waals surface area (Å²) < 4.78 is 30.9. The number of aliphatic hydroxyl groups excluding tert-OH is 1. The van der Waals surface area contributed by atoms with Gasteiger partial charge >= 0.3 is 0 Å². The molecule has 0 saturated heterocycles. The van der Waals surface area contributed by atoms with Gasteiger partial charge in [0.1, 0.15) is 12.4 Å². The number of nitrogen functional groups attached to an aromatic ring is 1. The number of rotatable bonds is 9. The molecule has 0 unspecified atom stereocenters. The van der Waals surface area contributed by atoms with Gasteiger partial charge in [-0.15, -0.1) is 0 Å². The Balaban J connectivity index is 2.25. The summed E-state index contributed by atoms with van der Waals surface area (Å²) in [6, 6.07) is 6.77. The van der Waals surface area contributed by atoms with Crippen LogP contribution in [0, 0.1) is 0 Å². The fourth-order valence-corrected chi connectivity index (χ4v) is 2.27. The van der Waals surface area contributed by atoms with E-state index in [4.69, 9.17) is 15.6 Å². The van der Waals surface area contributed by atoms with Gasteiger partial charge in [-0.2, -0.15) is 0 Å². The Kier molecular flexibility index (Phi) is 6.61. The van der Waals surface area contributed by atoms with Gasteiger partial charge in [-0.1, -0.05) is 0 Å². The van der Waals surface area contributed by atoms with Crippen molar-refractivity contribution in [3.63, 3.8) is 0 Å². The van der Waals surface area contributed by atoms with E-state index in [-0.39, 0.29) is 19.0 Å². The molecule has 108 valence electrons. The van der Waals surface area contributed by atoms with E-state index in [1.54, 1.807) is 24.3 Å². The first-order valence-corrected chi connectivity index (χ1v) is 7.75. The van der Waals surface area contributed by atoms with Crippen LogP contribution in [-0.2, 0) is 10.0 Å². The number of hydrogen-bond acceptors (Lipinski definition) is 5.